The lowest BCUT2D eigenvalue weighted by atomic mass is 10.2. The van der Waals surface area contributed by atoms with Crippen molar-refractivity contribution in [3.05, 3.63) is 58.6 Å². The third-order valence-corrected chi connectivity index (χ3v) is 3.13. The van der Waals surface area contributed by atoms with E-state index in [0.717, 1.165) is 16.3 Å². The van der Waals surface area contributed by atoms with Crippen LogP contribution in [0.1, 0.15) is 11.1 Å². The molecule has 96 valence electrons. The third kappa shape index (κ3) is 3.18. The van der Waals surface area contributed by atoms with Crippen LogP contribution in [0.15, 0.2) is 42.5 Å². The molecule has 4 heteroatoms. The van der Waals surface area contributed by atoms with Crippen LogP contribution in [0.3, 0.4) is 0 Å². The van der Waals surface area contributed by atoms with Crippen molar-refractivity contribution in [3.8, 4) is 11.8 Å². The number of methoxy groups -OCH3 is 1. The molecule has 0 spiro atoms. The number of nitrogens with zero attached hydrogens (tertiary/aromatic N) is 1. The van der Waals surface area contributed by atoms with Crippen LogP contribution >= 0.6 is 11.6 Å². The monoisotopic (exact) mass is 272 g/mol. The normalized spacial score (nSPS) is 9.74. The average Bonchev–Trinajstić information content (AvgIpc) is 2.46. The number of ether oxygens (including phenoxy) is 1. The standard InChI is InChI=1S/C15H13ClN2O/c1-19-15-8-11(9-17)6-7-14(15)18-10-12-4-2-3-5-13(12)16/h2-8,18H,10H2,1H3. The number of nitriles is 1. The summed E-state index contributed by atoms with van der Waals surface area (Å²) < 4.78 is 5.26. The molecule has 19 heavy (non-hydrogen) atoms. The molecule has 1 N–H and O–H groups in total. The highest BCUT2D eigenvalue weighted by atomic mass is 35.5. The van der Waals surface area contributed by atoms with Crippen LogP contribution in [0.25, 0.3) is 0 Å². The second-order valence-corrected chi connectivity index (χ2v) is 4.38. The summed E-state index contributed by atoms with van der Waals surface area (Å²) in [6.07, 6.45) is 0. The van der Waals surface area contributed by atoms with E-state index in [1.54, 1.807) is 19.2 Å². The summed E-state index contributed by atoms with van der Waals surface area (Å²) >= 11 is 6.10. The number of hydrogen-bond donors (Lipinski definition) is 1. The number of halogens is 1. The van der Waals surface area contributed by atoms with Crippen LogP contribution in [0, 0.1) is 11.3 Å². The SMILES string of the molecule is COc1cc(C#N)ccc1NCc1ccccc1Cl. The summed E-state index contributed by atoms with van der Waals surface area (Å²) in [6, 6.07) is 15.0. The molecule has 2 aromatic rings. The average molecular weight is 273 g/mol. The van der Waals surface area contributed by atoms with Crippen molar-refractivity contribution in [3.63, 3.8) is 0 Å². The van der Waals surface area contributed by atoms with Crippen LogP contribution in [0.5, 0.6) is 5.75 Å². The predicted octanol–water partition coefficient (Wildman–Crippen LogP) is 3.83. The minimum absolute atomic E-state index is 0.570. The van der Waals surface area contributed by atoms with Gasteiger partial charge in [0.05, 0.1) is 24.4 Å². The van der Waals surface area contributed by atoms with Gasteiger partial charge in [-0.3, -0.25) is 0 Å². The second kappa shape index (κ2) is 6.12. The fraction of sp³-hybridized carbons (Fsp3) is 0.133. The molecule has 0 saturated heterocycles. The van der Waals surface area contributed by atoms with Crippen molar-refractivity contribution in [2.75, 3.05) is 12.4 Å². The van der Waals surface area contributed by atoms with Gasteiger partial charge < -0.3 is 10.1 Å². The van der Waals surface area contributed by atoms with Gasteiger partial charge in [-0.15, -0.1) is 0 Å². The molecule has 0 aromatic heterocycles. The number of benzene rings is 2. The van der Waals surface area contributed by atoms with Crippen LogP contribution in [-0.4, -0.2) is 7.11 Å². The Kier molecular flexibility index (Phi) is 4.27. The molecule has 0 saturated carbocycles. The van der Waals surface area contributed by atoms with E-state index >= 15 is 0 Å². The highest BCUT2D eigenvalue weighted by molar-refractivity contribution is 6.31. The highest BCUT2D eigenvalue weighted by Gasteiger charge is 2.05. The van der Waals surface area contributed by atoms with Gasteiger partial charge in [0.2, 0.25) is 0 Å². The molecular weight excluding hydrogens is 260 g/mol. The van der Waals surface area contributed by atoms with E-state index in [4.69, 9.17) is 21.6 Å². The van der Waals surface area contributed by atoms with Crippen LogP contribution < -0.4 is 10.1 Å². The minimum atomic E-state index is 0.570. The Morgan fingerprint density at radius 1 is 1.26 bits per heavy atom. The van der Waals surface area contributed by atoms with Crippen LogP contribution in [0.2, 0.25) is 5.02 Å². The number of nitrogens with one attached hydrogen (secondary N) is 1. The largest absolute Gasteiger partial charge is 0.495 e. The highest BCUT2D eigenvalue weighted by Crippen LogP contribution is 2.26. The maximum absolute atomic E-state index is 8.85. The van der Waals surface area contributed by atoms with Gasteiger partial charge in [-0.25, -0.2) is 0 Å². The molecular formula is C15H13ClN2O. The van der Waals surface area contributed by atoms with E-state index in [9.17, 15) is 0 Å². The fourth-order valence-corrected chi connectivity index (χ4v) is 1.94. The molecule has 2 aromatic carbocycles. The fourth-order valence-electron chi connectivity index (χ4n) is 1.74. The first-order valence-electron chi connectivity index (χ1n) is 5.80. The lowest BCUT2D eigenvalue weighted by Gasteiger charge is -2.12. The second-order valence-electron chi connectivity index (χ2n) is 3.97. The molecule has 0 unspecified atom stereocenters. The molecule has 2 rings (SSSR count). The van der Waals surface area contributed by atoms with Gasteiger partial charge in [0.25, 0.3) is 0 Å². The maximum Gasteiger partial charge on any atom is 0.143 e. The minimum Gasteiger partial charge on any atom is -0.495 e. The molecule has 0 amide bonds. The molecule has 0 atom stereocenters. The molecule has 0 bridgehead atoms. The number of anilines is 1. The summed E-state index contributed by atoms with van der Waals surface area (Å²) in [5.41, 5.74) is 2.41. The number of hydrogen-bond acceptors (Lipinski definition) is 3. The van der Waals surface area contributed by atoms with Crippen LogP contribution in [-0.2, 0) is 6.54 Å². The van der Waals surface area contributed by atoms with E-state index < -0.39 is 0 Å². The van der Waals surface area contributed by atoms with Gasteiger partial charge in [-0.1, -0.05) is 29.8 Å². The summed E-state index contributed by atoms with van der Waals surface area (Å²) in [6.45, 7) is 0.599. The van der Waals surface area contributed by atoms with E-state index in [1.165, 1.54) is 0 Å². The quantitative estimate of drug-likeness (QED) is 0.920. The first-order chi connectivity index (χ1) is 9.24. The number of rotatable bonds is 4. The summed E-state index contributed by atoms with van der Waals surface area (Å²) in [5, 5.41) is 12.8. The first-order valence-corrected chi connectivity index (χ1v) is 6.18. The Bertz CT molecular complexity index is 620. The molecule has 0 aliphatic rings. The van der Waals surface area contributed by atoms with Gasteiger partial charge >= 0.3 is 0 Å². The summed E-state index contributed by atoms with van der Waals surface area (Å²) in [5.74, 6) is 0.645. The van der Waals surface area contributed by atoms with E-state index in [-0.39, 0.29) is 0 Å². The van der Waals surface area contributed by atoms with Gasteiger partial charge in [0, 0.05) is 17.6 Å². The first kappa shape index (κ1) is 13.3. The van der Waals surface area contributed by atoms with E-state index in [0.29, 0.717) is 17.9 Å². The van der Waals surface area contributed by atoms with Gasteiger partial charge in [0.15, 0.2) is 0 Å². The molecule has 0 fully saturated rings. The lowest BCUT2D eigenvalue weighted by molar-refractivity contribution is 0.416. The Labute approximate surface area is 117 Å². The van der Waals surface area contributed by atoms with Crippen molar-refractivity contribution in [2.24, 2.45) is 0 Å². The molecule has 0 aliphatic carbocycles. The van der Waals surface area contributed by atoms with Crippen molar-refractivity contribution in [1.29, 1.82) is 5.26 Å². The molecule has 0 aliphatic heterocycles. The summed E-state index contributed by atoms with van der Waals surface area (Å²) in [7, 11) is 1.58. The Hall–Kier alpha value is -2.18. The van der Waals surface area contributed by atoms with E-state index in [1.807, 2.05) is 30.3 Å². The lowest BCUT2D eigenvalue weighted by Crippen LogP contribution is -2.02. The van der Waals surface area contributed by atoms with Crippen LogP contribution in [0.4, 0.5) is 5.69 Å². The zero-order valence-electron chi connectivity index (χ0n) is 10.5. The molecule has 3 nitrogen and oxygen atoms in total. The Balaban J connectivity index is 2.16. The van der Waals surface area contributed by atoms with Gasteiger partial charge in [-0.2, -0.15) is 5.26 Å². The third-order valence-electron chi connectivity index (χ3n) is 2.76. The van der Waals surface area contributed by atoms with Gasteiger partial charge in [0.1, 0.15) is 5.75 Å². The van der Waals surface area contributed by atoms with Crippen molar-refractivity contribution in [1.82, 2.24) is 0 Å². The smallest absolute Gasteiger partial charge is 0.143 e. The zero-order valence-corrected chi connectivity index (χ0v) is 11.2. The van der Waals surface area contributed by atoms with Gasteiger partial charge in [-0.05, 0) is 23.8 Å². The van der Waals surface area contributed by atoms with Crippen molar-refractivity contribution < 1.29 is 4.74 Å². The predicted molar refractivity (Wildman–Crippen MR) is 76.5 cm³/mol. The molecule has 0 heterocycles. The Morgan fingerprint density at radius 3 is 2.74 bits per heavy atom. The van der Waals surface area contributed by atoms with Crippen molar-refractivity contribution >= 4 is 17.3 Å². The maximum atomic E-state index is 8.85. The zero-order chi connectivity index (χ0) is 13.7. The van der Waals surface area contributed by atoms with Crippen molar-refractivity contribution in [2.45, 2.75) is 6.54 Å². The Morgan fingerprint density at radius 2 is 2.05 bits per heavy atom. The molecule has 0 radical (unpaired) electrons. The summed E-state index contributed by atoms with van der Waals surface area (Å²) in [4.78, 5) is 0. The topological polar surface area (TPSA) is 45.0 Å². The van der Waals surface area contributed by atoms with E-state index in [2.05, 4.69) is 11.4 Å².